The molecule has 0 spiro atoms. The average molecular weight is 957 g/mol. The Kier molecular flexibility index (Phi) is 28.2. The van der Waals surface area contributed by atoms with E-state index in [1.165, 1.54) is 77.0 Å². The second-order valence-electron chi connectivity index (χ2n) is 15.8. The van der Waals surface area contributed by atoms with Gasteiger partial charge in [0.2, 0.25) is 23.6 Å². The van der Waals surface area contributed by atoms with Crippen molar-refractivity contribution in [2.24, 2.45) is 5.73 Å². The molecule has 0 saturated carbocycles. The molecule has 3 rings (SSSR count). The molecule has 2 aliphatic rings. The number of alkyl halides is 6. The van der Waals surface area contributed by atoms with Gasteiger partial charge in [0.1, 0.15) is 29.3 Å². The van der Waals surface area contributed by atoms with Gasteiger partial charge in [0, 0.05) is 29.9 Å². The third-order valence-electron chi connectivity index (χ3n) is 10.3. The molecule has 2 bridgehead atoms. The van der Waals surface area contributed by atoms with Gasteiger partial charge in [0.25, 0.3) is 5.91 Å². The van der Waals surface area contributed by atoms with Crippen LogP contribution in [0.25, 0.3) is 0 Å². The van der Waals surface area contributed by atoms with E-state index in [9.17, 15) is 50.3 Å². The van der Waals surface area contributed by atoms with E-state index in [2.05, 4.69) is 35.1 Å². The van der Waals surface area contributed by atoms with Crippen molar-refractivity contribution in [3.05, 3.63) is 29.3 Å². The Bertz CT molecular complexity index is 1630. The molecule has 5 amide bonds. The zero-order chi connectivity index (χ0) is 49.0. The van der Waals surface area contributed by atoms with E-state index in [-0.39, 0.29) is 41.7 Å². The van der Waals surface area contributed by atoms with Crippen LogP contribution in [0.15, 0.2) is 18.2 Å². The molecule has 0 aromatic heterocycles. The van der Waals surface area contributed by atoms with Crippen molar-refractivity contribution in [1.29, 1.82) is 0 Å². The minimum atomic E-state index is -5.19. The first-order valence-corrected chi connectivity index (χ1v) is 23.9. The first-order valence-electron chi connectivity index (χ1n) is 22.2. The highest BCUT2D eigenvalue weighted by Crippen LogP contribution is 2.25. The predicted octanol–water partition coefficient (Wildman–Crippen LogP) is 4.86. The molecule has 22 heteroatoms. The number of nitrogens with zero attached hydrogens (tertiary/aromatic N) is 1. The molecule has 370 valence electrons. The number of hydrogen-bond donors (Lipinski definition) is 6. The van der Waals surface area contributed by atoms with E-state index >= 15 is 0 Å². The van der Waals surface area contributed by atoms with Gasteiger partial charge in [0.15, 0.2) is 0 Å². The fourth-order valence-corrected chi connectivity index (χ4v) is 9.18. The van der Waals surface area contributed by atoms with E-state index in [0.717, 1.165) is 22.8 Å². The summed E-state index contributed by atoms with van der Waals surface area (Å²) in [5.74, 6) is -4.50. The van der Waals surface area contributed by atoms with Gasteiger partial charge in [-0.25, -0.2) is 4.79 Å². The Labute approximate surface area is 379 Å². The normalized spacial score (nSPS) is 18.1. The van der Waals surface area contributed by atoms with Gasteiger partial charge in [0.05, 0.1) is 19.1 Å². The molecule has 15 nitrogen and oxygen atoms in total. The fourth-order valence-electron chi connectivity index (χ4n) is 6.77. The molecular weight excluding hydrogens is 891 g/mol. The number of anilines is 1. The van der Waals surface area contributed by atoms with Gasteiger partial charge < -0.3 is 46.9 Å². The van der Waals surface area contributed by atoms with Crippen LogP contribution in [0.2, 0.25) is 0 Å². The van der Waals surface area contributed by atoms with Gasteiger partial charge in [-0.2, -0.15) is 26.3 Å². The van der Waals surface area contributed by atoms with E-state index in [1.54, 1.807) is 11.0 Å². The van der Waals surface area contributed by atoms with E-state index < -0.39 is 48.2 Å². The molecule has 0 aliphatic carbocycles. The highest BCUT2D eigenvalue weighted by Gasteiger charge is 2.38. The van der Waals surface area contributed by atoms with Crippen LogP contribution in [0.5, 0.6) is 0 Å². The van der Waals surface area contributed by atoms with Crippen LogP contribution in [0, 0.1) is 0 Å². The molecule has 1 aromatic rings. The van der Waals surface area contributed by atoms with E-state index in [0.29, 0.717) is 56.4 Å². The number of nitrogens with one attached hydrogen (secondary N) is 4. The highest BCUT2D eigenvalue weighted by atomic mass is 32.2. The lowest BCUT2D eigenvalue weighted by Gasteiger charge is -2.27. The van der Waals surface area contributed by atoms with Gasteiger partial charge in [-0.1, -0.05) is 71.3 Å². The van der Waals surface area contributed by atoms with Crippen LogP contribution in [0.4, 0.5) is 32.0 Å². The number of rotatable bonds is 16. The van der Waals surface area contributed by atoms with Crippen LogP contribution < -0.4 is 32.1 Å². The number of halogens is 6. The second kappa shape index (κ2) is 31.3. The molecule has 2 aliphatic heterocycles. The minimum Gasteiger partial charge on any atom is -0.542 e. The number of hydrogen-bond acceptors (Lipinski definition) is 9. The van der Waals surface area contributed by atoms with Gasteiger partial charge in [-0.15, -0.1) is 0 Å². The standard InChI is InChI=1S/C39H64N6O5S.2C2HF3O2/c1-3-5-7-9-11-15-24-51(25-16-12-10-8-6-4-2)29-30-20-21-31-26-32(30)37(48)43-28-36(47)42-27-35(46)41-22-14-13-18-33(40)39(50)45-23-17-19-34(45)38(49)44-31;2*3-2(4,5)1(6)7/h20-21,26,33-34H,3-19,22-25,27-29,40H2,1-2H3,(H3-,41,42,43,44,46,47,48,49);2*(H,6,7)/t33-,34-;;/m0../s1. The maximum atomic E-state index is 13.7. The summed E-state index contributed by atoms with van der Waals surface area (Å²) in [6.45, 7) is 4.84. The SMILES string of the molecule is CCCCCCCC[S+](CCCCCCCC)Cc1ccc2cc1C(=O)NCC(=O)NCC(=O)NCCCC[C@H](N)C(=O)N1CCC[C@H]1C(=O)N2.O=C(O)C(F)(F)F.O=C([O-])C(F)(F)F. The Morgan fingerprint density at radius 2 is 1.29 bits per heavy atom. The van der Waals surface area contributed by atoms with Gasteiger partial charge in [-0.3, -0.25) is 24.0 Å². The Morgan fingerprint density at radius 3 is 1.83 bits per heavy atom. The van der Waals surface area contributed by atoms with Crippen molar-refractivity contribution in [3.63, 3.8) is 0 Å². The summed E-state index contributed by atoms with van der Waals surface area (Å²) >= 11 is 0. The predicted molar refractivity (Wildman–Crippen MR) is 232 cm³/mol. The van der Waals surface area contributed by atoms with Crippen molar-refractivity contribution < 1.29 is 70.1 Å². The molecule has 7 N–H and O–H groups in total. The summed E-state index contributed by atoms with van der Waals surface area (Å²) in [6.07, 6.45) is 7.51. The number of unbranched alkanes of at least 4 members (excludes halogenated alkanes) is 10. The lowest BCUT2D eigenvalue weighted by atomic mass is 10.1. The largest absolute Gasteiger partial charge is 0.542 e. The summed E-state index contributed by atoms with van der Waals surface area (Å²) in [7, 11) is 0.0833. The maximum Gasteiger partial charge on any atom is 0.490 e. The molecule has 1 fully saturated rings. The number of fused-ring (bicyclic) bond motifs is 3. The van der Waals surface area contributed by atoms with Crippen LogP contribution >= 0.6 is 0 Å². The smallest absolute Gasteiger partial charge is 0.490 e. The average Bonchev–Trinajstić information content (AvgIpc) is 3.74. The van der Waals surface area contributed by atoms with Crippen LogP contribution in [0.3, 0.4) is 0 Å². The third-order valence-corrected chi connectivity index (χ3v) is 12.8. The van der Waals surface area contributed by atoms with Gasteiger partial charge >= 0.3 is 18.3 Å². The molecular formula is C43H66F6N6O9S. The molecule has 0 radical (unpaired) electrons. The highest BCUT2D eigenvalue weighted by molar-refractivity contribution is 7.96. The van der Waals surface area contributed by atoms with Gasteiger partial charge in [-0.05, 0) is 80.8 Å². The number of carbonyl (C=O) groups excluding carboxylic acids is 6. The number of nitrogens with two attached hydrogens (primary N) is 1. The van der Waals surface area contributed by atoms with Crippen molar-refractivity contribution >= 4 is 58.1 Å². The topological polar surface area (TPSA) is 240 Å². The number of amides is 5. The molecule has 65 heavy (non-hydrogen) atoms. The Hall–Kier alpha value is -4.60. The van der Waals surface area contributed by atoms with E-state index in [1.807, 2.05) is 12.1 Å². The first-order chi connectivity index (χ1) is 30.6. The fraction of sp³-hybridized carbons (Fsp3) is 0.698. The number of benzene rings is 1. The van der Waals surface area contributed by atoms with Crippen molar-refractivity contribution in [3.8, 4) is 0 Å². The summed E-state index contributed by atoms with van der Waals surface area (Å²) in [6, 6.07) is 4.09. The van der Waals surface area contributed by atoms with Crippen LogP contribution in [-0.4, -0.2) is 114 Å². The molecule has 1 saturated heterocycles. The Morgan fingerprint density at radius 1 is 0.769 bits per heavy atom. The summed E-state index contributed by atoms with van der Waals surface area (Å²) in [5.41, 5.74) is 8.05. The number of carboxylic acid groups (broad SMARTS) is 2. The first kappa shape index (κ1) is 58.4. The lowest BCUT2D eigenvalue weighted by molar-refractivity contribution is -0.344. The maximum absolute atomic E-state index is 13.7. The quantitative estimate of drug-likeness (QED) is 0.0747. The molecule has 1 aromatic carbocycles. The lowest BCUT2D eigenvalue weighted by Crippen LogP contribution is -2.49. The van der Waals surface area contributed by atoms with Crippen molar-refractivity contribution in [2.75, 3.05) is 43.0 Å². The zero-order valence-corrected chi connectivity index (χ0v) is 38.1. The summed E-state index contributed by atoms with van der Waals surface area (Å²) in [5, 5.41) is 27.0. The number of aliphatic carboxylic acids is 2. The Balaban J connectivity index is 0.00000130. The monoisotopic (exact) mass is 956 g/mol. The minimum absolute atomic E-state index is 0.0833. The number of carboxylic acids is 2. The van der Waals surface area contributed by atoms with Crippen molar-refractivity contribution in [2.45, 2.75) is 153 Å². The molecule has 2 atom stereocenters. The third kappa shape index (κ3) is 25.0. The van der Waals surface area contributed by atoms with Crippen LogP contribution in [0.1, 0.15) is 139 Å². The molecule has 2 heterocycles. The van der Waals surface area contributed by atoms with Crippen molar-refractivity contribution in [1.82, 2.24) is 20.9 Å². The second-order valence-corrected chi connectivity index (χ2v) is 18.1. The molecule has 0 unspecified atom stereocenters. The number of carbonyl (C=O) groups is 7. The van der Waals surface area contributed by atoms with Crippen LogP contribution in [-0.2, 0) is 45.4 Å². The summed E-state index contributed by atoms with van der Waals surface area (Å²) < 4.78 is 63.3. The summed E-state index contributed by atoms with van der Waals surface area (Å²) in [4.78, 5) is 84.7. The van der Waals surface area contributed by atoms with E-state index in [4.69, 9.17) is 25.5 Å². The zero-order valence-electron chi connectivity index (χ0n) is 37.3.